The van der Waals surface area contributed by atoms with Crippen LogP contribution in [0.3, 0.4) is 0 Å². The average Bonchev–Trinajstić information content (AvgIpc) is 2.84. The van der Waals surface area contributed by atoms with Gasteiger partial charge in [-0.1, -0.05) is 130 Å². The lowest BCUT2D eigenvalue weighted by atomic mass is 9.91. The molecule has 0 aliphatic heterocycles. The Morgan fingerprint density at radius 3 is 1.63 bits per heavy atom. The molecule has 0 amide bonds. The normalized spacial score (nSPS) is 16.1. The van der Waals surface area contributed by atoms with Crippen LogP contribution in [0.1, 0.15) is 143 Å². The maximum absolute atomic E-state index is 11.2. The van der Waals surface area contributed by atoms with E-state index in [-0.39, 0.29) is 0 Å². The van der Waals surface area contributed by atoms with Gasteiger partial charge in [0.15, 0.2) is 6.29 Å². The van der Waals surface area contributed by atoms with Crippen LogP contribution < -0.4 is 0 Å². The third kappa shape index (κ3) is 18.7. The van der Waals surface area contributed by atoms with Crippen LogP contribution in [0.2, 0.25) is 0 Å². The van der Waals surface area contributed by atoms with Gasteiger partial charge in [-0.05, 0) is 18.8 Å². The quantitative estimate of drug-likeness (QED) is 0.0443. The fraction of sp³-hybridized carbons (Fsp3) is 0.963. The first-order chi connectivity index (χ1) is 16.8. The Kier molecular flexibility index (Phi) is 22.8. The molecule has 0 spiro atoms. The molecular weight excluding hydrogens is 483 g/mol. The molecule has 0 rings (SSSR count). The predicted octanol–water partition coefficient (Wildman–Crippen LogP) is 8.71. The summed E-state index contributed by atoms with van der Waals surface area (Å²) >= 11 is 4.59. The molecule has 35 heavy (non-hydrogen) atoms. The van der Waals surface area contributed by atoms with Crippen LogP contribution in [0.15, 0.2) is 0 Å². The minimum atomic E-state index is -2.80. The van der Waals surface area contributed by atoms with Crippen molar-refractivity contribution in [3.05, 3.63) is 0 Å². The van der Waals surface area contributed by atoms with Crippen LogP contribution >= 0.6 is 21.1 Å². The number of thiol groups is 1. The number of hydrogen-bond donors (Lipinski definition) is 3. The summed E-state index contributed by atoms with van der Waals surface area (Å²) in [5.41, 5.74) is -3.24. The average molecular weight is 537 g/mol. The molecule has 208 valence electrons. The molecule has 4 unspecified atom stereocenters. The first-order valence-electron chi connectivity index (χ1n) is 14.1. The molecule has 0 aliphatic carbocycles. The van der Waals surface area contributed by atoms with Crippen molar-refractivity contribution in [1.29, 1.82) is 0 Å². The largest absolute Gasteiger partial charge is 0.477 e. The summed E-state index contributed by atoms with van der Waals surface area (Å²) in [6, 6.07) is 0. The standard InChI is InChI=1S/C27H53O6PS/c1-4-7-9-11-13-14-15-17-19-21-23(20-18-16-12-10-8-5-2)22-25(35)32-24(6-3)33-27(30,34-31)26(28)29/h23-25,30,35H,4-22H2,1-3H3,(H,28,29). The molecule has 0 bridgehead atoms. The Morgan fingerprint density at radius 1 is 0.829 bits per heavy atom. The second kappa shape index (κ2) is 23.0. The third-order valence-corrected chi connectivity index (χ3v) is 7.43. The van der Waals surface area contributed by atoms with Crippen LogP contribution in [0.4, 0.5) is 0 Å². The van der Waals surface area contributed by atoms with Crippen molar-refractivity contribution in [2.45, 2.75) is 160 Å². The number of aliphatic hydroxyl groups is 1. The molecule has 0 aromatic rings. The van der Waals surface area contributed by atoms with Crippen molar-refractivity contribution in [1.82, 2.24) is 0 Å². The van der Waals surface area contributed by atoms with Crippen LogP contribution in [-0.2, 0) is 18.8 Å². The van der Waals surface area contributed by atoms with Gasteiger partial charge in [-0.2, -0.15) is 0 Å². The summed E-state index contributed by atoms with van der Waals surface area (Å²) in [6.45, 7) is 6.24. The monoisotopic (exact) mass is 536 g/mol. The van der Waals surface area contributed by atoms with Crippen molar-refractivity contribution < 1.29 is 29.0 Å². The van der Waals surface area contributed by atoms with Crippen molar-refractivity contribution in [2.75, 3.05) is 0 Å². The molecule has 0 radical (unpaired) electrons. The summed E-state index contributed by atoms with van der Waals surface area (Å²) in [5, 5.41) is 19.0. The van der Waals surface area contributed by atoms with E-state index in [0.29, 0.717) is 12.3 Å². The lowest BCUT2D eigenvalue weighted by molar-refractivity contribution is -0.256. The van der Waals surface area contributed by atoms with Gasteiger partial charge in [-0.3, -0.25) is 4.57 Å². The fourth-order valence-corrected chi connectivity index (χ4v) is 5.03. The molecule has 4 atom stereocenters. The summed E-state index contributed by atoms with van der Waals surface area (Å²) in [4.78, 5) is 11.2. The van der Waals surface area contributed by atoms with Crippen LogP contribution in [-0.4, -0.2) is 33.4 Å². The second-order valence-corrected chi connectivity index (χ2v) is 11.2. The smallest absolute Gasteiger partial charge is 0.377 e. The van der Waals surface area contributed by atoms with Gasteiger partial charge in [-0.25, -0.2) is 4.79 Å². The lowest BCUT2D eigenvalue weighted by Crippen LogP contribution is -2.40. The highest BCUT2D eigenvalue weighted by Crippen LogP contribution is 2.29. The maximum Gasteiger partial charge on any atom is 0.377 e. The molecule has 0 aromatic heterocycles. The van der Waals surface area contributed by atoms with Crippen LogP contribution in [0, 0.1) is 5.92 Å². The molecule has 2 N–H and O–H groups in total. The Bertz CT molecular complexity index is 524. The zero-order valence-corrected chi connectivity index (χ0v) is 24.4. The summed E-state index contributed by atoms with van der Waals surface area (Å²) in [7, 11) is -1.03. The van der Waals surface area contributed by atoms with Crippen molar-refractivity contribution >= 4 is 27.1 Å². The number of carbonyl (C=O) groups is 1. The van der Waals surface area contributed by atoms with E-state index in [4.69, 9.17) is 14.6 Å². The highest BCUT2D eigenvalue weighted by Gasteiger charge is 2.42. The van der Waals surface area contributed by atoms with Gasteiger partial charge in [0.1, 0.15) is 5.44 Å². The lowest BCUT2D eigenvalue weighted by Gasteiger charge is -2.27. The van der Waals surface area contributed by atoms with E-state index in [1.165, 1.54) is 96.3 Å². The number of aliphatic carboxylic acids is 1. The van der Waals surface area contributed by atoms with E-state index in [0.717, 1.165) is 19.3 Å². The number of carboxylic acids is 1. The van der Waals surface area contributed by atoms with Crippen molar-refractivity contribution in [3.8, 4) is 0 Å². The van der Waals surface area contributed by atoms with Gasteiger partial charge in [0.2, 0.25) is 8.46 Å². The summed E-state index contributed by atoms with van der Waals surface area (Å²) in [5.74, 6) is -1.22. The van der Waals surface area contributed by atoms with Gasteiger partial charge in [-0.15, -0.1) is 12.6 Å². The third-order valence-electron chi connectivity index (χ3n) is 6.56. The van der Waals surface area contributed by atoms with E-state index in [1.54, 1.807) is 6.92 Å². The fourth-order valence-electron chi connectivity index (χ4n) is 4.35. The van der Waals surface area contributed by atoms with Gasteiger partial charge in [0.05, 0.1) is 0 Å². The zero-order chi connectivity index (χ0) is 26.4. The van der Waals surface area contributed by atoms with E-state index in [1.807, 2.05) is 0 Å². The zero-order valence-electron chi connectivity index (χ0n) is 22.6. The summed E-state index contributed by atoms with van der Waals surface area (Å²) < 4.78 is 22.0. The first-order valence-corrected chi connectivity index (χ1v) is 15.5. The van der Waals surface area contributed by atoms with E-state index in [2.05, 4.69) is 26.5 Å². The van der Waals surface area contributed by atoms with E-state index >= 15 is 0 Å². The number of unbranched alkanes of at least 4 members (excludes halogenated alkanes) is 13. The number of carboxylic acid groups (broad SMARTS) is 1. The Hall–Kier alpha value is -0.200. The van der Waals surface area contributed by atoms with Crippen LogP contribution in [0.25, 0.3) is 0 Å². The Morgan fingerprint density at radius 2 is 1.26 bits per heavy atom. The maximum atomic E-state index is 11.2. The van der Waals surface area contributed by atoms with Gasteiger partial charge in [0.25, 0.3) is 0 Å². The number of ether oxygens (including phenoxy) is 2. The number of rotatable bonds is 26. The van der Waals surface area contributed by atoms with E-state index in [9.17, 15) is 14.5 Å². The topological polar surface area (TPSA) is 93.1 Å². The highest BCUT2D eigenvalue weighted by molar-refractivity contribution is 7.80. The van der Waals surface area contributed by atoms with E-state index < -0.39 is 31.7 Å². The van der Waals surface area contributed by atoms with Gasteiger partial charge >= 0.3 is 11.5 Å². The van der Waals surface area contributed by atoms with Gasteiger partial charge < -0.3 is 19.7 Å². The SMILES string of the molecule is CCCCCCCCCCCC(CCCCCCCC)CC(S)OC(CC)OC(O)(P=O)C(=O)O. The predicted molar refractivity (Wildman–Crippen MR) is 147 cm³/mol. The molecule has 0 aliphatic rings. The van der Waals surface area contributed by atoms with Crippen molar-refractivity contribution in [2.24, 2.45) is 5.92 Å². The molecule has 0 fully saturated rings. The molecule has 8 heteroatoms. The van der Waals surface area contributed by atoms with Crippen molar-refractivity contribution in [3.63, 3.8) is 0 Å². The molecule has 0 aromatic carbocycles. The molecule has 6 nitrogen and oxygen atoms in total. The molecule has 0 heterocycles. The van der Waals surface area contributed by atoms with Crippen LogP contribution in [0.5, 0.6) is 0 Å². The minimum absolute atomic E-state index is 0.308. The number of hydrogen-bond acceptors (Lipinski definition) is 6. The molecule has 0 saturated carbocycles. The highest BCUT2D eigenvalue weighted by atomic mass is 32.1. The minimum Gasteiger partial charge on any atom is -0.477 e. The van der Waals surface area contributed by atoms with Gasteiger partial charge in [0, 0.05) is 0 Å². The Balaban J connectivity index is 4.57. The summed E-state index contributed by atoms with van der Waals surface area (Å²) in [6.07, 6.45) is 21.7. The molecule has 0 saturated heterocycles. The molecular formula is C27H53O6PS. The Labute approximate surface area is 221 Å². The first kappa shape index (κ1) is 34.8. The second-order valence-electron chi connectivity index (χ2n) is 9.83.